The number of ether oxygens (including phenoxy) is 1. The number of hydrogen-bond donors (Lipinski definition) is 1. The molecule has 1 N–H and O–H groups in total. The first-order valence-electron chi connectivity index (χ1n) is 8.86. The maximum atomic E-state index is 12.9. The number of methoxy groups -OCH3 is 1. The number of nitro groups is 1. The van der Waals surface area contributed by atoms with E-state index in [0.29, 0.717) is 0 Å². The van der Waals surface area contributed by atoms with Crippen molar-refractivity contribution >= 4 is 21.7 Å². The van der Waals surface area contributed by atoms with Crippen LogP contribution in [0.5, 0.6) is 0 Å². The van der Waals surface area contributed by atoms with Crippen LogP contribution in [0.3, 0.4) is 0 Å². The van der Waals surface area contributed by atoms with Crippen molar-refractivity contribution in [3.8, 4) is 0 Å². The molecule has 0 saturated carbocycles. The fraction of sp³-hybridized carbons (Fsp3) is 0.316. The molecule has 0 fully saturated rings. The Morgan fingerprint density at radius 1 is 1.19 bits per heavy atom. The molecule has 2 atom stereocenters. The standard InChI is InChI=1S/C19H19F3N2O6S/c1-12(10-13-4-3-5-14(11-13)19(20,21)22)17(18(25)30-2)23-31(28,29)16-8-6-15(7-9-16)24(26)27/h3-9,11-12,17,23H,10H2,1-2H3/t12-,17-/m0/s1. The van der Waals surface area contributed by atoms with E-state index in [0.717, 1.165) is 43.5 Å². The second-order valence-electron chi connectivity index (χ2n) is 6.75. The van der Waals surface area contributed by atoms with E-state index in [1.807, 2.05) is 0 Å². The first-order valence-corrected chi connectivity index (χ1v) is 10.3. The number of hydrogen-bond acceptors (Lipinski definition) is 6. The summed E-state index contributed by atoms with van der Waals surface area (Å²) in [5, 5.41) is 10.7. The Labute approximate surface area is 176 Å². The van der Waals surface area contributed by atoms with Gasteiger partial charge in [-0.25, -0.2) is 8.42 Å². The third-order valence-electron chi connectivity index (χ3n) is 4.48. The topological polar surface area (TPSA) is 116 Å². The van der Waals surface area contributed by atoms with Gasteiger partial charge in [0.15, 0.2) is 0 Å². The zero-order valence-electron chi connectivity index (χ0n) is 16.4. The molecule has 2 aromatic carbocycles. The maximum absolute atomic E-state index is 12.9. The molecular formula is C19H19F3N2O6S. The van der Waals surface area contributed by atoms with Gasteiger partial charge < -0.3 is 4.74 Å². The summed E-state index contributed by atoms with van der Waals surface area (Å²) >= 11 is 0. The molecule has 0 spiro atoms. The Balaban J connectivity index is 2.27. The fourth-order valence-electron chi connectivity index (χ4n) is 2.87. The minimum Gasteiger partial charge on any atom is -0.468 e. The van der Waals surface area contributed by atoms with Gasteiger partial charge in [0.2, 0.25) is 10.0 Å². The number of nitrogens with one attached hydrogen (secondary N) is 1. The van der Waals surface area contributed by atoms with Crippen molar-refractivity contribution in [1.82, 2.24) is 4.72 Å². The number of alkyl halides is 3. The van der Waals surface area contributed by atoms with E-state index in [9.17, 15) is 36.5 Å². The van der Waals surface area contributed by atoms with E-state index in [2.05, 4.69) is 9.46 Å². The van der Waals surface area contributed by atoms with Gasteiger partial charge in [-0.05, 0) is 36.1 Å². The molecule has 0 radical (unpaired) electrons. The van der Waals surface area contributed by atoms with Gasteiger partial charge in [0.1, 0.15) is 6.04 Å². The monoisotopic (exact) mass is 460 g/mol. The molecule has 0 aliphatic rings. The van der Waals surface area contributed by atoms with Crippen LogP contribution in [0.4, 0.5) is 18.9 Å². The van der Waals surface area contributed by atoms with Crippen LogP contribution in [-0.2, 0) is 32.2 Å². The molecule has 168 valence electrons. The van der Waals surface area contributed by atoms with Crippen molar-refractivity contribution in [2.45, 2.75) is 30.5 Å². The van der Waals surface area contributed by atoms with Crippen LogP contribution in [0.15, 0.2) is 53.4 Å². The predicted molar refractivity (Wildman–Crippen MR) is 104 cm³/mol. The Bertz CT molecular complexity index is 1060. The summed E-state index contributed by atoms with van der Waals surface area (Å²) in [6.07, 6.45) is -4.59. The largest absolute Gasteiger partial charge is 0.468 e. The van der Waals surface area contributed by atoms with E-state index in [1.165, 1.54) is 19.1 Å². The third-order valence-corrected chi connectivity index (χ3v) is 5.93. The summed E-state index contributed by atoms with van der Waals surface area (Å²) < 4.78 is 70.9. The summed E-state index contributed by atoms with van der Waals surface area (Å²) in [4.78, 5) is 21.9. The van der Waals surface area contributed by atoms with E-state index in [4.69, 9.17) is 0 Å². The molecule has 0 aliphatic carbocycles. The summed E-state index contributed by atoms with van der Waals surface area (Å²) in [5.41, 5.74) is -0.926. The quantitative estimate of drug-likeness (QED) is 0.367. The molecule has 31 heavy (non-hydrogen) atoms. The molecule has 0 aromatic heterocycles. The van der Waals surface area contributed by atoms with Gasteiger partial charge in [-0.3, -0.25) is 14.9 Å². The van der Waals surface area contributed by atoms with Gasteiger partial charge >= 0.3 is 12.1 Å². The summed E-state index contributed by atoms with van der Waals surface area (Å²) in [7, 11) is -3.23. The number of benzene rings is 2. The minimum absolute atomic E-state index is 0.0491. The maximum Gasteiger partial charge on any atom is 0.416 e. The molecule has 12 heteroatoms. The first kappa shape index (κ1) is 24.3. The highest BCUT2D eigenvalue weighted by Crippen LogP contribution is 2.30. The fourth-order valence-corrected chi connectivity index (χ4v) is 4.16. The SMILES string of the molecule is COC(=O)[C@@H](NS(=O)(=O)c1ccc([N+](=O)[O-])cc1)[C@@H](C)Cc1cccc(C(F)(F)F)c1. The molecule has 8 nitrogen and oxygen atoms in total. The number of nitro benzene ring substituents is 1. The van der Waals surface area contributed by atoms with Crippen molar-refractivity contribution in [2.75, 3.05) is 7.11 Å². The van der Waals surface area contributed by atoms with E-state index >= 15 is 0 Å². The van der Waals surface area contributed by atoms with Gasteiger partial charge in [0.25, 0.3) is 5.69 Å². The zero-order valence-corrected chi connectivity index (χ0v) is 17.2. The number of carbonyl (C=O) groups excluding carboxylic acids is 1. The van der Waals surface area contributed by atoms with Crippen LogP contribution in [0.2, 0.25) is 0 Å². The summed E-state index contributed by atoms with van der Waals surface area (Å²) in [6.45, 7) is 1.49. The zero-order chi connectivity index (χ0) is 23.4. The van der Waals surface area contributed by atoms with Gasteiger partial charge in [0.05, 0.1) is 22.5 Å². The molecule has 2 rings (SSSR count). The van der Waals surface area contributed by atoms with Crippen LogP contribution in [0, 0.1) is 16.0 Å². The molecule has 0 aliphatic heterocycles. The van der Waals surface area contributed by atoms with Crippen LogP contribution in [0.1, 0.15) is 18.1 Å². The molecule has 2 aromatic rings. The van der Waals surface area contributed by atoms with Crippen LogP contribution >= 0.6 is 0 Å². The summed E-state index contributed by atoms with van der Waals surface area (Å²) in [6, 6.07) is 7.09. The molecule has 0 bridgehead atoms. The smallest absolute Gasteiger partial charge is 0.416 e. The Kier molecular flexibility index (Phi) is 7.39. The number of halogens is 3. The number of non-ortho nitro benzene ring substituents is 1. The van der Waals surface area contributed by atoms with Crippen molar-refractivity contribution in [1.29, 1.82) is 0 Å². The van der Waals surface area contributed by atoms with Crippen molar-refractivity contribution in [2.24, 2.45) is 5.92 Å². The second-order valence-corrected chi connectivity index (χ2v) is 8.47. The number of sulfonamides is 1. The Morgan fingerprint density at radius 2 is 1.81 bits per heavy atom. The van der Waals surface area contributed by atoms with Gasteiger partial charge in [-0.1, -0.05) is 25.1 Å². The highest BCUT2D eigenvalue weighted by Gasteiger charge is 2.33. The third kappa shape index (κ3) is 6.25. The molecule has 0 saturated heterocycles. The molecular weight excluding hydrogens is 441 g/mol. The van der Waals surface area contributed by atoms with Gasteiger partial charge in [-0.15, -0.1) is 0 Å². The lowest BCUT2D eigenvalue weighted by Gasteiger charge is -2.23. The van der Waals surface area contributed by atoms with Crippen molar-refractivity contribution in [3.63, 3.8) is 0 Å². The molecule has 0 amide bonds. The van der Waals surface area contributed by atoms with Crippen molar-refractivity contribution in [3.05, 3.63) is 69.8 Å². The lowest BCUT2D eigenvalue weighted by Crippen LogP contribution is -2.46. The van der Waals surface area contributed by atoms with E-state index in [1.54, 1.807) is 0 Å². The molecule has 0 unspecified atom stereocenters. The van der Waals surface area contributed by atoms with Crippen molar-refractivity contribution < 1.29 is 36.0 Å². The van der Waals surface area contributed by atoms with Crippen LogP contribution < -0.4 is 4.72 Å². The van der Waals surface area contributed by atoms with Gasteiger partial charge in [-0.2, -0.15) is 17.9 Å². The first-order chi connectivity index (χ1) is 14.3. The minimum atomic E-state index is -4.54. The van der Waals surface area contributed by atoms with Gasteiger partial charge in [0, 0.05) is 12.1 Å². The Hall–Kier alpha value is -2.99. The number of esters is 1. The normalized spacial score (nSPS) is 14.0. The Morgan fingerprint density at radius 3 is 2.32 bits per heavy atom. The summed E-state index contributed by atoms with van der Waals surface area (Å²) in [5.74, 6) is -1.70. The average Bonchev–Trinajstić information content (AvgIpc) is 2.71. The number of nitrogens with zero attached hydrogens (tertiary/aromatic N) is 1. The number of carbonyl (C=O) groups is 1. The number of rotatable bonds is 8. The highest BCUT2D eigenvalue weighted by atomic mass is 32.2. The predicted octanol–water partition coefficient (Wildman–Crippen LogP) is 3.31. The second kappa shape index (κ2) is 9.43. The lowest BCUT2D eigenvalue weighted by molar-refractivity contribution is -0.384. The van der Waals surface area contributed by atoms with E-state index < -0.39 is 44.6 Å². The lowest BCUT2D eigenvalue weighted by atomic mass is 9.93. The van der Waals surface area contributed by atoms with Crippen LogP contribution in [-0.4, -0.2) is 32.5 Å². The van der Waals surface area contributed by atoms with E-state index in [-0.39, 0.29) is 22.6 Å². The molecule has 0 heterocycles. The highest BCUT2D eigenvalue weighted by molar-refractivity contribution is 7.89. The van der Waals surface area contributed by atoms with Crippen LogP contribution in [0.25, 0.3) is 0 Å². The average molecular weight is 460 g/mol.